The van der Waals surface area contributed by atoms with Crippen molar-refractivity contribution < 1.29 is 14.3 Å². The first-order chi connectivity index (χ1) is 12.0. The lowest BCUT2D eigenvalue weighted by Gasteiger charge is -2.11. The predicted octanol–water partition coefficient (Wildman–Crippen LogP) is 4.56. The Bertz CT molecular complexity index is 873. The molecule has 2 aromatic carbocycles. The maximum absolute atomic E-state index is 12.4. The van der Waals surface area contributed by atoms with Crippen molar-refractivity contribution in [3.63, 3.8) is 0 Å². The summed E-state index contributed by atoms with van der Waals surface area (Å²) in [5.74, 6) is 0.301. The molecule has 0 radical (unpaired) electrons. The van der Waals surface area contributed by atoms with Crippen LogP contribution >= 0.6 is 23.2 Å². The highest BCUT2D eigenvalue weighted by atomic mass is 35.5. The van der Waals surface area contributed by atoms with Crippen molar-refractivity contribution >= 4 is 40.9 Å². The van der Waals surface area contributed by atoms with E-state index in [0.717, 1.165) is 0 Å². The van der Waals surface area contributed by atoms with Crippen molar-refractivity contribution in [1.29, 1.82) is 5.26 Å². The minimum atomic E-state index is -0.614. The SMILES string of the molecule is COc1cccc(/C=C(\C#N)C(=O)Nc2cccc(Cl)c2Cl)c1OC. The zero-order valence-electron chi connectivity index (χ0n) is 13.5. The molecule has 2 aromatic rings. The normalized spacial score (nSPS) is 10.8. The van der Waals surface area contributed by atoms with E-state index >= 15 is 0 Å². The Morgan fingerprint density at radius 1 is 1.16 bits per heavy atom. The maximum Gasteiger partial charge on any atom is 0.266 e. The standard InChI is InChI=1S/C18H14Cl2N2O3/c1-24-15-8-3-5-11(17(15)25-2)9-12(10-21)18(23)22-14-7-4-6-13(19)16(14)20/h3-9H,1-2H3,(H,22,23)/b12-9+. The second-order valence-electron chi connectivity index (χ2n) is 4.81. The average Bonchev–Trinajstić information content (AvgIpc) is 2.62. The van der Waals surface area contributed by atoms with Crippen LogP contribution in [-0.2, 0) is 4.79 Å². The molecule has 0 aromatic heterocycles. The van der Waals surface area contributed by atoms with Crippen molar-refractivity contribution in [2.75, 3.05) is 19.5 Å². The number of methoxy groups -OCH3 is 2. The van der Waals surface area contributed by atoms with Crippen molar-refractivity contribution in [3.8, 4) is 17.6 Å². The number of nitrogens with one attached hydrogen (secondary N) is 1. The first-order valence-electron chi connectivity index (χ1n) is 7.10. The first kappa shape index (κ1) is 18.7. The van der Waals surface area contributed by atoms with Crippen molar-refractivity contribution in [1.82, 2.24) is 0 Å². The van der Waals surface area contributed by atoms with Crippen LogP contribution in [0.3, 0.4) is 0 Å². The summed E-state index contributed by atoms with van der Waals surface area (Å²) in [4.78, 5) is 12.4. The van der Waals surface area contributed by atoms with E-state index in [4.69, 9.17) is 32.7 Å². The van der Waals surface area contributed by atoms with E-state index in [1.54, 1.807) is 36.4 Å². The molecule has 0 unspecified atom stereocenters. The number of amides is 1. The highest BCUT2D eigenvalue weighted by Gasteiger charge is 2.15. The molecule has 0 heterocycles. The van der Waals surface area contributed by atoms with Gasteiger partial charge in [-0.05, 0) is 24.3 Å². The number of benzene rings is 2. The number of nitrogens with zero attached hydrogens (tertiary/aromatic N) is 1. The van der Waals surface area contributed by atoms with Crippen LogP contribution in [0.5, 0.6) is 11.5 Å². The van der Waals surface area contributed by atoms with Gasteiger partial charge in [-0.25, -0.2) is 0 Å². The molecular weight excluding hydrogens is 363 g/mol. The minimum Gasteiger partial charge on any atom is -0.493 e. The van der Waals surface area contributed by atoms with Gasteiger partial charge < -0.3 is 14.8 Å². The number of rotatable bonds is 5. The van der Waals surface area contributed by atoms with Gasteiger partial charge in [0.15, 0.2) is 11.5 Å². The van der Waals surface area contributed by atoms with Crippen LogP contribution < -0.4 is 14.8 Å². The number of halogens is 2. The van der Waals surface area contributed by atoms with Gasteiger partial charge >= 0.3 is 0 Å². The minimum absolute atomic E-state index is 0.123. The average molecular weight is 377 g/mol. The van der Waals surface area contributed by atoms with Gasteiger partial charge in [-0.1, -0.05) is 41.4 Å². The molecular formula is C18H14Cl2N2O3. The number of nitriles is 1. The number of anilines is 1. The molecule has 25 heavy (non-hydrogen) atoms. The first-order valence-corrected chi connectivity index (χ1v) is 7.85. The number of para-hydroxylation sites is 1. The molecule has 0 bridgehead atoms. The van der Waals surface area contributed by atoms with Crippen LogP contribution in [0.2, 0.25) is 10.0 Å². The highest BCUT2D eigenvalue weighted by Crippen LogP contribution is 2.33. The predicted molar refractivity (Wildman–Crippen MR) is 98.2 cm³/mol. The largest absolute Gasteiger partial charge is 0.493 e. The van der Waals surface area contributed by atoms with E-state index in [-0.39, 0.29) is 10.6 Å². The lowest BCUT2D eigenvalue weighted by Crippen LogP contribution is -2.13. The van der Waals surface area contributed by atoms with Crippen molar-refractivity contribution in [2.24, 2.45) is 0 Å². The molecule has 0 spiro atoms. The number of ether oxygens (including phenoxy) is 2. The lowest BCUT2D eigenvalue weighted by atomic mass is 10.1. The fourth-order valence-electron chi connectivity index (χ4n) is 2.12. The summed E-state index contributed by atoms with van der Waals surface area (Å²) in [5.41, 5.74) is 0.728. The van der Waals surface area contributed by atoms with Gasteiger partial charge in [0.25, 0.3) is 5.91 Å². The molecule has 0 fully saturated rings. The number of hydrogen-bond acceptors (Lipinski definition) is 4. The molecule has 128 valence electrons. The van der Waals surface area contributed by atoms with E-state index in [9.17, 15) is 10.1 Å². The monoisotopic (exact) mass is 376 g/mol. The fraction of sp³-hybridized carbons (Fsp3) is 0.111. The van der Waals surface area contributed by atoms with Crippen LogP contribution in [0, 0.1) is 11.3 Å². The molecule has 0 saturated heterocycles. The molecule has 0 aliphatic rings. The van der Waals surface area contributed by atoms with E-state index < -0.39 is 5.91 Å². The number of carbonyl (C=O) groups is 1. The second-order valence-corrected chi connectivity index (χ2v) is 5.59. The van der Waals surface area contributed by atoms with Crippen molar-refractivity contribution in [3.05, 3.63) is 57.6 Å². The van der Waals surface area contributed by atoms with Gasteiger partial charge in [-0.3, -0.25) is 4.79 Å². The molecule has 0 saturated carbocycles. The van der Waals surface area contributed by atoms with Gasteiger partial charge in [-0.15, -0.1) is 0 Å². The van der Waals surface area contributed by atoms with Crippen LogP contribution in [0.15, 0.2) is 42.0 Å². The molecule has 0 aliphatic carbocycles. The summed E-state index contributed by atoms with van der Waals surface area (Å²) < 4.78 is 10.5. The zero-order valence-corrected chi connectivity index (χ0v) is 15.0. The molecule has 0 aliphatic heterocycles. The Labute approximate surface area is 155 Å². The fourth-order valence-corrected chi connectivity index (χ4v) is 2.47. The van der Waals surface area contributed by atoms with Crippen LogP contribution in [0.1, 0.15) is 5.56 Å². The Morgan fingerprint density at radius 3 is 2.52 bits per heavy atom. The highest BCUT2D eigenvalue weighted by molar-refractivity contribution is 6.44. The maximum atomic E-state index is 12.4. The van der Waals surface area contributed by atoms with E-state index in [1.165, 1.54) is 20.3 Å². The van der Waals surface area contributed by atoms with E-state index in [0.29, 0.717) is 27.8 Å². The number of carbonyl (C=O) groups excluding carboxylic acids is 1. The Balaban J connectivity index is 2.37. The Morgan fingerprint density at radius 2 is 1.88 bits per heavy atom. The number of hydrogen-bond donors (Lipinski definition) is 1. The smallest absolute Gasteiger partial charge is 0.266 e. The summed E-state index contributed by atoms with van der Waals surface area (Å²) in [6.45, 7) is 0. The van der Waals surface area contributed by atoms with Crippen molar-refractivity contribution in [2.45, 2.75) is 0 Å². The van der Waals surface area contributed by atoms with E-state index in [2.05, 4.69) is 5.32 Å². The molecule has 1 amide bonds. The third-order valence-electron chi connectivity index (χ3n) is 3.30. The van der Waals surface area contributed by atoms with Crippen LogP contribution in [-0.4, -0.2) is 20.1 Å². The van der Waals surface area contributed by atoms with Gasteiger partial charge in [0.2, 0.25) is 0 Å². The summed E-state index contributed by atoms with van der Waals surface area (Å²) in [6, 6.07) is 11.9. The third kappa shape index (κ3) is 4.24. The van der Waals surface area contributed by atoms with Gasteiger partial charge in [0.1, 0.15) is 11.6 Å². The molecule has 0 atom stereocenters. The van der Waals surface area contributed by atoms with E-state index in [1.807, 2.05) is 6.07 Å². The van der Waals surface area contributed by atoms with Gasteiger partial charge in [0, 0.05) is 5.56 Å². The zero-order chi connectivity index (χ0) is 18.4. The summed E-state index contributed by atoms with van der Waals surface area (Å²) in [6.07, 6.45) is 1.41. The van der Waals surface area contributed by atoms with Gasteiger partial charge in [-0.2, -0.15) is 5.26 Å². The molecule has 7 heteroatoms. The molecule has 1 N–H and O–H groups in total. The van der Waals surface area contributed by atoms with Gasteiger partial charge in [0.05, 0.1) is 30.0 Å². The molecule has 2 rings (SSSR count). The second kappa shape index (κ2) is 8.43. The lowest BCUT2D eigenvalue weighted by molar-refractivity contribution is -0.112. The Kier molecular flexibility index (Phi) is 6.29. The summed E-state index contributed by atoms with van der Waals surface area (Å²) >= 11 is 12.0. The quantitative estimate of drug-likeness (QED) is 0.613. The third-order valence-corrected chi connectivity index (χ3v) is 4.12. The topological polar surface area (TPSA) is 71.3 Å². The Hall–Kier alpha value is -2.68. The van der Waals surface area contributed by atoms with Crippen LogP contribution in [0.25, 0.3) is 6.08 Å². The van der Waals surface area contributed by atoms with Crippen LogP contribution in [0.4, 0.5) is 5.69 Å². The summed E-state index contributed by atoms with van der Waals surface area (Å²) in [7, 11) is 2.98. The summed E-state index contributed by atoms with van der Waals surface area (Å²) in [5, 5.41) is 12.4. The molecule has 5 nitrogen and oxygen atoms in total.